The summed E-state index contributed by atoms with van der Waals surface area (Å²) in [7, 11) is 0. The van der Waals surface area contributed by atoms with Crippen LogP contribution >= 0.6 is 0 Å². The van der Waals surface area contributed by atoms with Crippen molar-refractivity contribution in [3.05, 3.63) is 118 Å². The van der Waals surface area contributed by atoms with E-state index in [1.807, 2.05) is 60.7 Å². The minimum atomic E-state index is -0.983. The molecule has 0 fully saturated rings. The monoisotopic (exact) mass is 794 g/mol. The molecule has 2 atom stereocenters. The van der Waals surface area contributed by atoms with Crippen molar-refractivity contribution in [2.75, 3.05) is 36.8 Å². The van der Waals surface area contributed by atoms with Gasteiger partial charge in [-0.05, 0) is 48.2 Å². The van der Waals surface area contributed by atoms with Crippen molar-refractivity contribution < 1.29 is 48.5 Å². The van der Waals surface area contributed by atoms with E-state index in [-0.39, 0.29) is 98.7 Å². The fraction of sp³-hybridized carbons (Fsp3) is 0.286. The van der Waals surface area contributed by atoms with E-state index in [0.717, 1.165) is 23.3 Å². The fourth-order valence-corrected chi connectivity index (χ4v) is 6.12. The number of phenolic OH excluding ortho intramolecular Hbond substituents is 2. The van der Waals surface area contributed by atoms with Crippen LogP contribution in [0.2, 0.25) is 0 Å². The van der Waals surface area contributed by atoms with E-state index in [1.165, 1.54) is 12.1 Å². The number of carbonyl (C=O) groups is 6. The summed E-state index contributed by atoms with van der Waals surface area (Å²) in [5.74, 6) is -4.42. The number of nitrogens with one attached hydrogen (secondary N) is 4. The molecule has 58 heavy (non-hydrogen) atoms. The Morgan fingerprint density at radius 1 is 0.534 bits per heavy atom. The van der Waals surface area contributed by atoms with E-state index < -0.39 is 58.9 Å². The normalized spacial score (nSPS) is 12.7. The first kappa shape index (κ1) is 42.4. The average molecular weight is 795 g/mol. The zero-order valence-corrected chi connectivity index (χ0v) is 31.6. The highest BCUT2D eigenvalue weighted by atomic mass is 16.5. The average Bonchev–Trinajstić information content (AvgIpc) is 3.23. The molecule has 4 aromatic rings. The first-order valence-corrected chi connectivity index (χ1v) is 18.7. The summed E-state index contributed by atoms with van der Waals surface area (Å²) in [5.41, 5.74) is 13.2. The highest BCUT2D eigenvalue weighted by Crippen LogP contribution is 2.42. The van der Waals surface area contributed by atoms with Crippen LogP contribution in [0.4, 0.5) is 11.4 Å². The number of fused-ring (bicyclic) bond motifs is 2. The molecule has 10 N–H and O–H groups in total. The number of phenols is 2. The molecule has 2 amide bonds. The third-order valence-electron chi connectivity index (χ3n) is 9.23. The maximum Gasteiger partial charge on any atom is 0.306 e. The Balaban J connectivity index is 1.14. The predicted molar refractivity (Wildman–Crippen MR) is 213 cm³/mol. The molecule has 1 aliphatic carbocycles. The number of amides is 2. The van der Waals surface area contributed by atoms with Crippen molar-refractivity contribution in [3.63, 3.8) is 0 Å². The Kier molecular flexibility index (Phi) is 14.9. The number of hydrogen-bond acceptors (Lipinski definition) is 14. The molecule has 0 saturated carbocycles. The SMILES string of the molecule is N[C@H](CCC(=O)OCc1ccccc1)C(=O)NCCNc1ccc(NCCNC(=O)[C@@H](N)CCC(=O)OCc2ccccc2)c2c1C(=O)c1c(O)ccc(O)c1C2=O. The third-order valence-corrected chi connectivity index (χ3v) is 9.23. The molecule has 1 aliphatic rings. The Bertz CT molecular complexity index is 1980. The summed E-state index contributed by atoms with van der Waals surface area (Å²) < 4.78 is 10.5. The molecule has 0 aliphatic heterocycles. The molecule has 0 spiro atoms. The van der Waals surface area contributed by atoms with Gasteiger partial charge >= 0.3 is 11.9 Å². The van der Waals surface area contributed by atoms with Gasteiger partial charge in [0.05, 0.1) is 34.3 Å². The van der Waals surface area contributed by atoms with Crippen molar-refractivity contribution in [2.45, 2.75) is 51.0 Å². The number of aromatic hydroxyl groups is 2. The van der Waals surface area contributed by atoms with Crippen molar-refractivity contribution in [2.24, 2.45) is 11.5 Å². The van der Waals surface area contributed by atoms with Crippen LogP contribution < -0.4 is 32.7 Å². The van der Waals surface area contributed by atoms with E-state index in [1.54, 1.807) is 0 Å². The molecule has 0 aromatic heterocycles. The van der Waals surface area contributed by atoms with Gasteiger partial charge in [-0.1, -0.05) is 60.7 Å². The largest absolute Gasteiger partial charge is 0.507 e. The van der Waals surface area contributed by atoms with E-state index in [0.29, 0.717) is 0 Å². The summed E-state index contributed by atoms with van der Waals surface area (Å²) in [5, 5.41) is 32.6. The fourth-order valence-electron chi connectivity index (χ4n) is 6.12. The van der Waals surface area contributed by atoms with E-state index >= 15 is 0 Å². The predicted octanol–water partition coefficient (Wildman–Crippen LogP) is 2.63. The van der Waals surface area contributed by atoms with Crippen LogP contribution in [-0.4, -0.2) is 83.8 Å². The Hall–Kier alpha value is -6.78. The van der Waals surface area contributed by atoms with Gasteiger partial charge in [0, 0.05) is 50.4 Å². The lowest BCUT2D eigenvalue weighted by atomic mass is 9.81. The Labute approximate surface area is 334 Å². The number of anilines is 2. The van der Waals surface area contributed by atoms with Crippen LogP contribution in [0.5, 0.6) is 11.5 Å². The standard InChI is InChI=1S/C42H46N6O10/c43-27(11-17-33(51)57-23-25-7-3-1-4-8-25)41(55)47-21-19-45-29-13-14-30(36-35(29)39(53)37-31(49)15-16-32(50)38(37)40(36)54)46-20-22-48-42(56)28(44)12-18-34(52)58-24-26-9-5-2-6-10-26/h1-10,13-16,27-28,45-46,49-50H,11-12,17-24,43-44H2,(H,47,55)(H,48,56)/t27-,28+. The lowest BCUT2D eigenvalue weighted by molar-refractivity contribution is -0.146. The second-order valence-corrected chi connectivity index (χ2v) is 13.4. The molecular weight excluding hydrogens is 748 g/mol. The van der Waals surface area contributed by atoms with Gasteiger partial charge in [0.15, 0.2) is 0 Å². The number of carbonyl (C=O) groups excluding carboxylic acids is 6. The molecule has 0 radical (unpaired) electrons. The quantitative estimate of drug-likeness (QED) is 0.0320. The van der Waals surface area contributed by atoms with Crippen LogP contribution in [-0.2, 0) is 41.9 Å². The third kappa shape index (κ3) is 11.2. The Morgan fingerprint density at radius 3 is 1.29 bits per heavy atom. The molecule has 5 rings (SSSR count). The summed E-state index contributed by atoms with van der Waals surface area (Å²) in [6.07, 6.45) is 0.00741. The number of ketones is 2. The second kappa shape index (κ2) is 20.4. The van der Waals surface area contributed by atoms with Crippen molar-refractivity contribution >= 4 is 46.7 Å². The van der Waals surface area contributed by atoms with E-state index in [4.69, 9.17) is 20.9 Å². The van der Waals surface area contributed by atoms with Crippen molar-refractivity contribution in [1.29, 1.82) is 0 Å². The maximum absolute atomic E-state index is 13.9. The zero-order chi connectivity index (χ0) is 41.6. The summed E-state index contributed by atoms with van der Waals surface area (Å²) in [4.78, 5) is 77.3. The van der Waals surface area contributed by atoms with Crippen LogP contribution in [0.25, 0.3) is 0 Å². The molecule has 0 unspecified atom stereocenters. The van der Waals surface area contributed by atoms with Gasteiger partial charge in [0.25, 0.3) is 0 Å². The number of rotatable bonds is 20. The van der Waals surface area contributed by atoms with Gasteiger partial charge in [0.1, 0.15) is 24.7 Å². The Morgan fingerprint density at radius 2 is 0.914 bits per heavy atom. The number of benzene rings is 4. The van der Waals surface area contributed by atoms with Crippen LogP contribution in [0.3, 0.4) is 0 Å². The van der Waals surface area contributed by atoms with Gasteiger partial charge in [-0.2, -0.15) is 0 Å². The van der Waals surface area contributed by atoms with Gasteiger partial charge in [-0.3, -0.25) is 28.8 Å². The van der Waals surface area contributed by atoms with Crippen LogP contribution in [0.1, 0.15) is 68.7 Å². The van der Waals surface area contributed by atoms with Crippen LogP contribution in [0, 0.1) is 0 Å². The molecule has 16 nitrogen and oxygen atoms in total. The summed E-state index contributed by atoms with van der Waals surface area (Å²) in [6, 6.07) is 21.7. The van der Waals surface area contributed by atoms with Gasteiger partial charge in [0.2, 0.25) is 23.4 Å². The smallest absolute Gasteiger partial charge is 0.306 e. The van der Waals surface area contributed by atoms with Crippen LogP contribution in [0.15, 0.2) is 84.9 Å². The molecular formula is C42H46N6O10. The molecule has 304 valence electrons. The molecule has 0 saturated heterocycles. The summed E-state index contributed by atoms with van der Waals surface area (Å²) >= 11 is 0. The molecule has 4 aromatic carbocycles. The van der Waals surface area contributed by atoms with Crippen molar-refractivity contribution in [1.82, 2.24) is 10.6 Å². The number of nitrogens with two attached hydrogens (primary N) is 2. The first-order chi connectivity index (χ1) is 27.9. The van der Waals surface area contributed by atoms with Crippen molar-refractivity contribution in [3.8, 4) is 11.5 Å². The lowest BCUT2D eigenvalue weighted by Crippen LogP contribution is -2.42. The van der Waals surface area contributed by atoms with Gasteiger partial charge in [-0.25, -0.2) is 0 Å². The molecule has 0 bridgehead atoms. The second-order valence-electron chi connectivity index (χ2n) is 13.4. The number of esters is 2. The van der Waals surface area contributed by atoms with E-state index in [2.05, 4.69) is 21.3 Å². The summed E-state index contributed by atoms with van der Waals surface area (Å²) in [6.45, 7) is 0.518. The van der Waals surface area contributed by atoms with Gasteiger partial charge < -0.3 is 52.4 Å². The minimum Gasteiger partial charge on any atom is -0.507 e. The molecule has 16 heteroatoms. The molecule has 0 heterocycles. The number of hydrogen-bond donors (Lipinski definition) is 8. The topological polar surface area (TPSA) is 262 Å². The minimum absolute atomic E-state index is 0.0555. The van der Waals surface area contributed by atoms with E-state index in [9.17, 15) is 39.0 Å². The number of ether oxygens (including phenoxy) is 2. The maximum atomic E-state index is 13.9. The highest BCUT2D eigenvalue weighted by molar-refractivity contribution is 6.33. The highest BCUT2D eigenvalue weighted by Gasteiger charge is 2.38. The first-order valence-electron chi connectivity index (χ1n) is 18.7. The lowest BCUT2D eigenvalue weighted by Gasteiger charge is -2.25. The zero-order valence-electron chi connectivity index (χ0n) is 31.6. The van der Waals surface area contributed by atoms with Gasteiger partial charge in [-0.15, -0.1) is 0 Å².